The highest BCUT2D eigenvalue weighted by molar-refractivity contribution is 6.09. The Balaban J connectivity index is 2.63. The van der Waals surface area contributed by atoms with Gasteiger partial charge in [-0.15, -0.1) is 0 Å². The summed E-state index contributed by atoms with van der Waals surface area (Å²) in [5, 5.41) is 2.77. The van der Waals surface area contributed by atoms with Gasteiger partial charge in [0.05, 0.1) is 12.1 Å². The van der Waals surface area contributed by atoms with Gasteiger partial charge in [-0.05, 0) is 20.8 Å². The number of carbonyl (C=O) groups is 1. The van der Waals surface area contributed by atoms with Gasteiger partial charge in [0.25, 0.3) is 0 Å². The van der Waals surface area contributed by atoms with Crippen LogP contribution in [0.5, 0.6) is 0 Å². The van der Waals surface area contributed by atoms with Gasteiger partial charge in [0.2, 0.25) is 5.91 Å². The first-order valence-electron chi connectivity index (χ1n) is 4.75. The van der Waals surface area contributed by atoms with Gasteiger partial charge >= 0.3 is 0 Å². The molecule has 0 bridgehead atoms. The maximum Gasteiger partial charge on any atom is 0.230 e. The van der Waals surface area contributed by atoms with Crippen molar-refractivity contribution in [2.24, 2.45) is 4.99 Å². The maximum atomic E-state index is 11.4. The molecule has 0 aromatic carbocycles. The van der Waals surface area contributed by atoms with Crippen LogP contribution in [0.15, 0.2) is 4.99 Å². The third-order valence-corrected chi connectivity index (χ3v) is 2.16. The Morgan fingerprint density at radius 2 is 1.93 bits per heavy atom. The van der Waals surface area contributed by atoms with E-state index >= 15 is 0 Å². The molecule has 0 spiro atoms. The molecular weight excluding hydrogens is 192 g/mol. The van der Waals surface area contributed by atoms with Crippen molar-refractivity contribution in [1.29, 1.82) is 0 Å². The summed E-state index contributed by atoms with van der Waals surface area (Å²) >= 11 is 0. The second-order valence-electron chi connectivity index (χ2n) is 3.63. The summed E-state index contributed by atoms with van der Waals surface area (Å²) in [4.78, 5) is 24.1. The standard InChI is InChI=1S/C10H12N4O/c1-5-4-8(15)14-9-6(2)12-7(3)13-10(9)11-5/h4H2,1-3H3,(H,14,15). The summed E-state index contributed by atoms with van der Waals surface area (Å²) in [6.45, 7) is 5.47. The molecular formula is C10H12N4O. The van der Waals surface area contributed by atoms with Gasteiger partial charge in [0, 0.05) is 5.71 Å². The van der Waals surface area contributed by atoms with Crippen molar-refractivity contribution < 1.29 is 4.79 Å². The van der Waals surface area contributed by atoms with Crippen molar-refractivity contribution in [1.82, 2.24) is 9.97 Å². The van der Waals surface area contributed by atoms with E-state index in [1.54, 1.807) is 0 Å². The lowest BCUT2D eigenvalue weighted by atomic mass is 10.3. The van der Waals surface area contributed by atoms with Crippen LogP contribution >= 0.6 is 0 Å². The highest BCUT2D eigenvalue weighted by Crippen LogP contribution is 2.27. The number of aliphatic imine (C=N–C) groups is 1. The Morgan fingerprint density at radius 1 is 1.20 bits per heavy atom. The first kappa shape index (κ1) is 9.76. The monoisotopic (exact) mass is 204 g/mol. The number of fused-ring (bicyclic) bond motifs is 1. The van der Waals surface area contributed by atoms with Crippen molar-refractivity contribution >= 4 is 23.1 Å². The zero-order valence-corrected chi connectivity index (χ0v) is 8.96. The van der Waals surface area contributed by atoms with E-state index in [9.17, 15) is 4.79 Å². The van der Waals surface area contributed by atoms with Crippen LogP contribution < -0.4 is 5.32 Å². The normalized spacial score (nSPS) is 15.1. The van der Waals surface area contributed by atoms with Gasteiger partial charge < -0.3 is 5.32 Å². The number of rotatable bonds is 0. The molecule has 1 aliphatic heterocycles. The van der Waals surface area contributed by atoms with Gasteiger partial charge in [-0.25, -0.2) is 15.0 Å². The highest BCUT2D eigenvalue weighted by atomic mass is 16.1. The predicted molar refractivity (Wildman–Crippen MR) is 57.5 cm³/mol. The lowest BCUT2D eigenvalue weighted by Crippen LogP contribution is -2.14. The van der Waals surface area contributed by atoms with Gasteiger partial charge in [-0.1, -0.05) is 0 Å². The second kappa shape index (κ2) is 3.42. The Labute approximate surface area is 87.7 Å². The summed E-state index contributed by atoms with van der Waals surface area (Å²) in [5.41, 5.74) is 2.15. The maximum absolute atomic E-state index is 11.4. The minimum atomic E-state index is -0.0643. The van der Waals surface area contributed by atoms with Crippen LogP contribution in [0.3, 0.4) is 0 Å². The fourth-order valence-corrected chi connectivity index (χ4v) is 1.56. The summed E-state index contributed by atoms with van der Waals surface area (Å²) in [7, 11) is 0. The molecule has 1 aromatic heterocycles. The number of hydrogen-bond donors (Lipinski definition) is 1. The molecule has 0 saturated heterocycles. The molecule has 1 amide bonds. The highest BCUT2D eigenvalue weighted by Gasteiger charge is 2.17. The van der Waals surface area contributed by atoms with E-state index in [0.717, 1.165) is 11.4 Å². The van der Waals surface area contributed by atoms with E-state index in [-0.39, 0.29) is 5.91 Å². The number of nitrogens with zero attached hydrogens (tertiary/aromatic N) is 3. The molecule has 1 aromatic rings. The SMILES string of the molecule is CC1=Nc2nc(C)nc(C)c2NC(=O)C1. The van der Waals surface area contributed by atoms with Gasteiger partial charge in [-0.2, -0.15) is 0 Å². The molecule has 15 heavy (non-hydrogen) atoms. The van der Waals surface area contributed by atoms with Crippen LogP contribution in [-0.2, 0) is 4.79 Å². The first-order chi connectivity index (χ1) is 7.06. The molecule has 78 valence electrons. The van der Waals surface area contributed by atoms with Crippen LogP contribution in [0.25, 0.3) is 0 Å². The summed E-state index contributed by atoms with van der Waals surface area (Å²) in [5.74, 6) is 1.16. The second-order valence-corrected chi connectivity index (χ2v) is 3.63. The van der Waals surface area contributed by atoms with Gasteiger partial charge in [0.15, 0.2) is 5.82 Å². The zero-order chi connectivity index (χ0) is 11.0. The molecule has 1 aliphatic rings. The number of anilines is 1. The molecule has 5 nitrogen and oxygen atoms in total. The fourth-order valence-electron chi connectivity index (χ4n) is 1.56. The lowest BCUT2D eigenvalue weighted by Gasteiger charge is -2.07. The summed E-state index contributed by atoms with van der Waals surface area (Å²) in [6, 6.07) is 0. The van der Waals surface area contributed by atoms with Crippen molar-refractivity contribution in [3.8, 4) is 0 Å². The Kier molecular flexibility index (Phi) is 2.22. The molecule has 2 heterocycles. The van der Waals surface area contributed by atoms with Gasteiger partial charge in [-0.3, -0.25) is 4.79 Å². The topological polar surface area (TPSA) is 67.2 Å². The van der Waals surface area contributed by atoms with E-state index in [4.69, 9.17) is 0 Å². The summed E-state index contributed by atoms with van der Waals surface area (Å²) < 4.78 is 0. The smallest absolute Gasteiger partial charge is 0.230 e. The van der Waals surface area contributed by atoms with Crippen LogP contribution in [0, 0.1) is 13.8 Å². The number of aromatic nitrogens is 2. The molecule has 0 radical (unpaired) electrons. The predicted octanol–water partition coefficient (Wildman–Crippen LogP) is 1.53. The summed E-state index contributed by atoms with van der Waals surface area (Å²) in [6.07, 6.45) is 0.314. The number of amides is 1. The quantitative estimate of drug-likeness (QED) is 0.696. The van der Waals surface area contributed by atoms with E-state index in [0.29, 0.717) is 23.8 Å². The van der Waals surface area contributed by atoms with Crippen LogP contribution in [0.4, 0.5) is 11.5 Å². The van der Waals surface area contributed by atoms with Crippen LogP contribution in [0.2, 0.25) is 0 Å². The Bertz CT molecular complexity index is 465. The van der Waals surface area contributed by atoms with Crippen LogP contribution in [0.1, 0.15) is 24.9 Å². The van der Waals surface area contributed by atoms with E-state index < -0.39 is 0 Å². The third kappa shape index (κ3) is 1.86. The van der Waals surface area contributed by atoms with Crippen molar-refractivity contribution in [2.75, 3.05) is 5.32 Å². The number of aryl methyl sites for hydroxylation is 2. The molecule has 0 fully saturated rings. The Hall–Kier alpha value is -1.78. The molecule has 0 saturated carbocycles. The number of hydrogen-bond acceptors (Lipinski definition) is 4. The fraction of sp³-hybridized carbons (Fsp3) is 0.400. The number of nitrogens with one attached hydrogen (secondary N) is 1. The largest absolute Gasteiger partial charge is 0.321 e. The minimum absolute atomic E-state index is 0.0643. The molecule has 2 rings (SSSR count). The van der Waals surface area contributed by atoms with Gasteiger partial charge in [0.1, 0.15) is 11.5 Å². The van der Waals surface area contributed by atoms with Crippen molar-refractivity contribution in [3.05, 3.63) is 11.5 Å². The molecule has 1 N–H and O–H groups in total. The molecule has 0 unspecified atom stereocenters. The van der Waals surface area contributed by atoms with Crippen molar-refractivity contribution in [2.45, 2.75) is 27.2 Å². The third-order valence-electron chi connectivity index (χ3n) is 2.16. The Morgan fingerprint density at radius 3 is 2.67 bits per heavy atom. The average Bonchev–Trinajstić information content (AvgIpc) is 2.22. The lowest BCUT2D eigenvalue weighted by molar-refractivity contribution is -0.115. The first-order valence-corrected chi connectivity index (χ1v) is 4.75. The minimum Gasteiger partial charge on any atom is -0.321 e. The van der Waals surface area contributed by atoms with Crippen LogP contribution in [-0.4, -0.2) is 21.6 Å². The molecule has 5 heteroatoms. The molecule has 0 atom stereocenters. The number of carbonyl (C=O) groups excluding carboxylic acids is 1. The average molecular weight is 204 g/mol. The van der Waals surface area contributed by atoms with Crippen molar-refractivity contribution in [3.63, 3.8) is 0 Å². The molecule has 0 aliphatic carbocycles. The zero-order valence-electron chi connectivity index (χ0n) is 8.96. The van der Waals surface area contributed by atoms with E-state index in [2.05, 4.69) is 20.3 Å². The van der Waals surface area contributed by atoms with E-state index in [1.807, 2.05) is 20.8 Å². The van der Waals surface area contributed by atoms with E-state index in [1.165, 1.54) is 0 Å².